The topological polar surface area (TPSA) is 32.3 Å². The number of nitrogens with one attached hydrogen (secondary N) is 1. The lowest BCUT2D eigenvalue weighted by Crippen LogP contribution is -2.28. The summed E-state index contributed by atoms with van der Waals surface area (Å²) in [4.78, 5) is 13.5. The third-order valence-corrected chi connectivity index (χ3v) is 2.87. The number of aryl methyl sites for hydroxylation is 1. The SMILES string of the molecule is CCc1ccc(CN(C)C(=O)CCNC)cc1. The first-order chi connectivity index (χ1) is 8.17. The zero-order chi connectivity index (χ0) is 12.7. The Labute approximate surface area is 104 Å². The molecule has 0 radical (unpaired) electrons. The van der Waals surface area contributed by atoms with Crippen LogP contribution in [0.5, 0.6) is 0 Å². The van der Waals surface area contributed by atoms with E-state index in [2.05, 4.69) is 36.5 Å². The number of rotatable bonds is 6. The minimum atomic E-state index is 0.180. The monoisotopic (exact) mass is 234 g/mol. The number of carbonyl (C=O) groups is 1. The second kappa shape index (κ2) is 7.07. The molecule has 0 aromatic heterocycles. The molecule has 0 unspecified atom stereocenters. The third-order valence-electron chi connectivity index (χ3n) is 2.87. The predicted octanol–water partition coefficient (Wildman–Crippen LogP) is 1.82. The molecule has 1 amide bonds. The molecule has 0 heterocycles. The molecule has 1 aromatic rings. The molecular weight excluding hydrogens is 212 g/mol. The predicted molar refractivity (Wildman–Crippen MR) is 70.8 cm³/mol. The second-order valence-electron chi connectivity index (χ2n) is 4.27. The molecule has 17 heavy (non-hydrogen) atoms. The van der Waals surface area contributed by atoms with Gasteiger partial charge in [0.25, 0.3) is 0 Å². The van der Waals surface area contributed by atoms with Gasteiger partial charge in [-0.2, -0.15) is 0 Å². The summed E-state index contributed by atoms with van der Waals surface area (Å²) in [6.07, 6.45) is 1.61. The summed E-state index contributed by atoms with van der Waals surface area (Å²) in [6, 6.07) is 8.45. The van der Waals surface area contributed by atoms with Gasteiger partial charge in [0.2, 0.25) is 5.91 Å². The molecule has 0 aliphatic carbocycles. The Balaban J connectivity index is 2.49. The van der Waals surface area contributed by atoms with Crippen molar-refractivity contribution in [3.8, 4) is 0 Å². The zero-order valence-corrected chi connectivity index (χ0v) is 11.0. The summed E-state index contributed by atoms with van der Waals surface area (Å²) in [5.74, 6) is 0.180. The van der Waals surface area contributed by atoms with E-state index in [0.717, 1.165) is 13.0 Å². The molecular formula is C14H22N2O. The largest absolute Gasteiger partial charge is 0.341 e. The van der Waals surface area contributed by atoms with Gasteiger partial charge in [0.1, 0.15) is 0 Å². The van der Waals surface area contributed by atoms with Crippen LogP contribution in [-0.2, 0) is 17.8 Å². The van der Waals surface area contributed by atoms with Crippen LogP contribution >= 0.6 is 0 Å². The highest BCUT2D eigenvalue weighted by Crippen LogP contribution is 2.07. The van der Waals surface area contributed by atoms with E-state index >= 15 is 0 Å². The van der Waals surface area contributed by atoms with Crippen LogP contribution in [0.2, 0.25) is 0 Å². The van der Waals surface area contributed by atoms with Gasteiger partial charge >= 0.3 is 0 Å². The fourth-order valence-electron chi connectivity index (χ4n) is 1.67. The molecule has 1 aromatic carbocycles. The number of benzene rings is 1. The highest BCUT2D eigenvalue weighted by atomic mass is 16.2. The van der Waals surface area contributed by atoms with Crippen molar-refractivity contribution in [2.45, 2.75) is 26.3 Å². The van der Waals surface area contributed by atoms with Gasteiger partial charge in [0.05, 0.1) is 0 Å². The van der Waals surface area contributed by atoms with Crippen LogP contribution in [0.1, 0.15) is 24.5 Å². The van der Waals surface area contributed by atoms with Crippen LogP contribution < -0.4 is 5.32 Å². The van der Waals surface area contributed by atoms with Gasteiger partial charge in [-0.3, -0.25) is 4.79 Å². The van der Waals surface area contributed by atoms with Crippen LogP contribution in [0, 0.1) is 0 Å². The van der Waals surface area contributed by atoms with E-state index in [4.69, 9.17) is 0 Å². The molecule has 94 valence electrons. The number of amides is 1. The fraction of sp³-hybridized carbons (Fsp3) is 0.500. The van der Waals surface area contributed by atoms with Crippen molar-refractivity contribution in [1.29, 1.82) is 0 Å². The molecule has 3 nitrogen and oxygen atoms in total. The maximum atomic E-state index is 11.7. The Morgan fingerprint density at radius 1 is 1.24 bits per heavy atom. The van der Waals surface area contributed by atoms with E-state index in [1.165, 1.54) is 11.1 Å². The molecule has 0 aliphatic rings. The normalized spacial score (nSPS) is 10.3. The second-order valence-corrected chi connectivity index (χ2v) is 4.27. The molecule has 0 atom stereocenters. The Bertz CT molecular complexity index is 346. The van der Waals surface area contributed by atoms with Gasteiger partial charge in [-0.25, -0.2) is 0 Å². The first-order valence-corrected chi connectivity index (χ1v) is 6.13. The maximum absolute atomic E-state index is 11.7. The summed E-state index contributed by atoms with van der Waals surface area (Å²) in [5, 5.41) is 2.98. The van der Waals surface area contributed by atoms with Gasteiger partial charge in [-0.1, -0.05) is 31.2 Å². The van der Waals surface area contributed by atoms with Crippen molar-refractivity contribution in [3.05, 3.63) is 35.4 Å². The Morgan fingerprint density at radius 3 is 2.35 bits per heavy atom. The Morgan fingerprint density at radius 2 is 1.82 bits per heavy atom. The first kappa shape index (κ1) is 13.7. The van der Waals surface area contributed by atoms with Crippen LogP contribution in [0.25, 0.3) is 0 Å². The van der Waals surface area contributed by atoms with Crippen molar-refractivity contribution < 1.29 is 4.79 Å². The quantitative estimate of drug-likeness (QED) is 0.814. The van der Waals surface area contributed by atoms with Gasteiger partial charge in [-0.15, -0.1) is 0 Å². The van der Waals surface area contributed by atoms with E-state index in [1.54, 1.807) is 4.90 Å². The number of nitrogens with zero attached hydrogens (tertiary/aromatic N) is 1. The lowest BCUT2D eigenvalue weighted by molar-refractivity contribution is -0.130. The summed E-state index contributed by atoms with van der Waals surface area (Å²) in [7, 11) is 3.71. The van der Waals surface area contributed by atoms with Crippen LogP contribution in [-0.4, -0.2) is 31.4 Å². The lowest BCUT2D eigenvalue weighted by atomic mass is 10.1. The van der Waals surface area contributed by atoms with Crippen molar-refractivity contribution in [1.82, 2.24) is 10.2 Å². The Kier molecular flexibility index (Phi) is 5.70. The van der Waals surface area contributed by atoms with Crippen LogP contribution in [0.15, 0.2) is 24.3 Å². The van der Waals surface area contributed by atoms with Gasteiger partial charge < -0.3 is 10.2 Å². The average molecular weight is 234 g/mol. The first-order valence-electron chi connectivity index (χ1n) is 6.13. The maximum Gasteiger partial charge on any atom is 0.223 e. The minimum Gasteiger partial charge on any atom is -0.341 e. The highest BCUT2D eigenvalue weighted by Gasteiger charge is 2.08. The summed E-state index contributed by atoms with van der Waals surface area (Å²) in [6.45, 7) is 3.56. The lowest BCUT2D eigenvalue weighted by Gasteiger charge is -2.17. The molecule has 0 saturated carbocycles. The molecule has 0 aliphatic heterocycles. The summed E-state index contributed by atoms with van der Waals surface area (Å²) in [5.41, 5.74) is 2.51. The van der Waals surface area contributed by atoms with Gasteiger partial charge in [-0.05, 0) is 24.6 Å². The zero-order valence-electron chi connectivity index (χ0n) is 11.0. The number of carbonyl (C=O) groups excluding carboxylic acids is 1. The fourth-order valence-corrected chi connectivity index (χ4v) is 1.67. The van der Waals surface area contributed by atoms with Crippen molar-refractivity contribution in [3.63, 3.8) is 0 Å². The van der Waals surface area contributed by atoms with Crippen molar-refractivity contribution in [2.24, 2.45) is 0 Å². The van der Waals surface area contributed by atoms with Gasteiger partial charge in [0, 0.05) is 26.6 Å². The van der Waals surface area contributed by atoms with Crippen LogP contribution in [0.3, 0.4) is 0 Å². The average Bonchev–Trinajstić information content (AvgIpc) is 2.36. The molecule has 1 N–H and O–H groups in total. The third kappa shape index (κ3) is 4.57. The molecule has 0 bridgehead atoms. The van der Waals surface area contributed by atoms with Crippen LogP contribution in [0.4, 0.5) is 0 Å². The molecule has 0 spiro atoms. The smallest absolute Gasteiger partial charge is 0.223 e. The van der Waals surface area contributed by atoms with Crippen molar-refractivity contribution in [2.75, 3.05) is 20.6 Å². The molecule has 0 fully saturated rings. The van der Waals surface area contributed by atoms with E-state index in [1.807, 2.05) is 14.1 Å². The number of hydrogen-bond donors (Lipinski definition) is 1. The van der Waals surface area contributed by atoms with E-state index < -0.39 is 0 Å². The van der Waals surface area contributed by atoms with Crippen molar-refractivity contribution >= 4 is 5.91 Å². The molecule has 3 heteroatoms. The highest BCUT2D eigenvalue weighted by molar-refractivity contribution is 5.76. The van der Waals surface area contributed by atoms with E-state index in [0.29, 0.717) is 13.0 Å². The molecule has 0 saturated heterocycles. The van der Waals surface area contributed by atoms with E-state index in [-0.39, 0.29) is 5.91 Å². The minimum absolute atomic E-state index is 0.180. The van der Waals surface area contributed by atoms with E-state index in [9.17, 15) is 4.79 Å². The standard InChI is InChI=1S/C14H22N2O/c1-4-12-5-7-13(8-6-12)11-16(3)14(17)9-10-15-2/h5-8,15H,4,9-11H2,1-3H3. The molecule has 1 rings (SSSR count). The van der Waals surface area contributed by atoms with Gasteiger partial charge in [0.15, 0.2) is 0 Å². The summed E-state index contributed by atoms with van der Waals surface area (Å²) >= 11 is 0. The number of hydrogen-bond acceptors (Lipinski definition) is 2. The Hall–Kier alpha value is -1.35. The summed E-state index contributed by atoms with van der Waals surface area (Å²) < 4.78 is 0.